The molecular weight excluding hydrogens is 292 g/mol. The summed E-state index contributed by atoms with van der Waals surface area (Å²) in [7, 11) is 5.34. The minimum atomic E-state index is -0.0731. The fraction of sp³-hybridized carbons (Fsp3) is 0.471. The van der Waals surface area contributed by atoms with Gasteiger partial charge < -0.3 is 9.64 Å². The summed E-state index contributed by atoms with van der Waals surface area (Å²) in [6.07, 6.45) is 4.90. The predicted molar refractivity (Wildman–Crippen MR) is 86.5 cm³/mol. The Morgan fingerprint density at radius 3 is 2.96 bits per heavy atom. The van der Waals surface area contributed by atoms with Crippen molar-refractivity contribution in [1.29, 1.82) is 0 Å². The maximum Gasteiger partial charge on any atom is 0.259 e. The second-order valence-electron chi connectivity index (χ2n) is 6.00. The molecule has 0 radical (unpaired) electrons. The smallest absolute Gasteiger partial charge is 0.259 e. The summed E-state index contributed by atoms with van der Waals surface area (Å²) in [6, 6.07) is 3.67. The summed E-state index contributed by atoms with van der Waals surface area (Å²) in [5, 5.41) is 4.35. The molecule has 0 aromatic carbocycles. The molecule has 1 atom stereocenters. The summed E-state index contributed by atoms with van der Waals surface area (Å²) in [4.78, 5) is 19.0. The molecule has 2 heterocycles. The molecule has 0 aliphatic heterocycles. The Hall–Kier alpha value is -2.37. The summed E-state index contributed by atoms with van der Waals surface area (Å²) in [5.74, 6) is 0.306. The highest BCUT2D eigenvalue weighted by Crippen LogP contribution is 2.34. The molecule has 122 valence electrons. The number of methoxy groups -OCH3 is 1. The van der Waals surface area contributed by atoms with Crippen LogP contribution in [0.3, 0.4) is 0 Å². The number of aromatic nitrogens is 3. The lowest BCUT2D eigenvalue weighted by Gasteiger charge is -2.31. The van der Waals surface area contributed by atoms with Crippen molar-refractivity contribution in [3.05, 3.63) is 40.8 Å². The van der Waals surface area contributed by atoms with Crippen LogP contribution in [-0.2, 0) is 13.5 Å². The molecule has 6 nitrogen and oxygen atoms in total. The Labute approximate surface area is 136 Å². The van der Waals surface area contributed by atoms with Crippen LogP contribution in [0.25, 0.3) is 0 Å². The van der Waals surface area contributed by atoms with Crippen molar-refractivity contribution >= 4 is 5.91 Å². The van der Waals surface area contributed by atoms with Crippen molar-refractivity contribution in [3.8, 4) is 5.88 Å². The van der Waals surface area contributed by atoms with E-state index >= 15 is 0 Å². The van der Waals surface area contributed by atoms with Crippen LogP contribution in [-0.4, -0.2) is 39.7 Å². The monoisotopic (exact) mass is 314 g/mol. The van der Waals surface area contributed by atoms with Gasteiger partial charge in [-0.1, -0.05) is 0 Å². The zero-order valence-corrected chi connectivity index (χ0v) is 14.0. The first kappa shape index (κ1) is 15.5. The van der Waals surface area contributed by atoms with E-state index in [-0.39, 0.29) is 11.9 Å². The van der Waals surface area contributed by atoms with Gasteiger partial charge in [0, 0.05) is 31.0 Å². The molecule has 2 aromatic heterocycles. The molecule has 6 heteroatoms. The highest BCUT2D eigenvalue weighted by molar-refractivity contribution is 5.96. The molecule has 0 bridgehead atoms. The molecule has 0 spiro atoms. The third-order valence-electron chi connectivity index (χ3n) is 4.56. The predicted octanol–water partition coefficient (Wildman–Crippen LogP) is 2.28. The number of aryl methyl sites for hydroxylation is 2. The molecule has 1 amide bonds. The first-order valence-electron chi connectivity index (χ1n) is 7.82. The Bertz CT molecular complexity index is 738. The number of amides is 1. The van der Waals surface area contributed by atoms with Crippen molar-refractivity contribution < 1.29 is 9.53 Å². The van der Waals surface area contributed by atoms with E-state index in [9.17, 15) is 4.79 Å². The van der Waals surface area contributed by atoms with E-state index in [1.165, 1.54) is 5.69 Å². The van der Waals surface area contributed by atoms with Gasteiger partial charge in [0.1, 0.15) is 5.56 Å². The lowest BCUT2D eigenvalue weighted by molar-refractivity contribution is 0.0710. The number of nitrogens with zero attached hydrogens (tertiary/aromatic N) is 4. The van der Waals surface area contributed by atoms with Gasteiger partial charge in [0.15, 0.2) is 0 Å². The number of fused-ring (bicyclic) bond motifs is 1. The van der Waals surface area contributed by atoms with Gasteiger partial charge in [-0.3, -0.25) is 9.48 Å². The second kappa shape index (κ2) is 6.02. The fourth-order valence-corrected chi connectivity index (χ4v) is 3.27. The molecule has 1 aliphatic rings. The summed E-state index contributed by atoms with van der Waals surface area (Å²) in [5.41, 5.74) is 3.69. The maximum atomic E-state index is 12.9. The van der Waals surface area contributed by atoms with Crippen molar-refractivity contribution in [1.82, 2.24) is 19.7 Å². The quantitative estimate of drug-likeness (QED) is 0.872. The van der Waals surface area contributed by atoms with Gasteiger partial charge in [0.2, 0.25) is 5.88 Å². The number of hydrogen-bond donors (Lipinski definition) is 0. The van der Waals surface area contributed by atoms with Crippen molar-refractivity contribution in [3.63, 3.8) is 0 Å². The zero-order valence-electron chi connectivity index (χ0n) is 14.0. The zero-order chi connectivity index (χ0) is 16.6. The van der Waals surface area contributed by atoms with Gasteiger partial charge in [0.05, 0.1) is 19.3 Å². The highest BCUT2D eigenvalue weighted by atomic mass is 16.5. The number of hydrogen-bond acceptors (Lipinski definition) is 4. The van der Waals surface area contributed by atoms with E-state index in [1.54, 1.807) is 18.1 Å². The van der Waals surface area contributed by atoms with E-state index < -0.39 is 0 Å². The van der Waals surface area contributed by atoms with E-state index in [4.69, 9.17) is 4.74 Å². The molecule has 0 N–H and O–H groups in total. The average Bonchev–Trinajstić information content (AvgIpc) is 2.95. The standard InChI is InChI=1S/C17H22N4O2/c1-11-8-9-12(16(19-11)23-4)17(22)20(2)14-6-5-7-15-13(14)10-18-21(15)3/h8-10,14H,5-7H2,1-4H3. The third kappa shape index (κ3) is 2.69. The van der Waals surface area contributed by atoms with Gasteiger partial charge >= 0.3 is 0 Å². The Morgan fingerprint density at radius 1 is 1.43 bits per heavy atom. The van der Waals surface area contributed by atoms with Crippen molar-refractivity contribution in [2.75, 3.05) is 14.2 Å². The average molecular weight is 314 g/mol. The van der Waals surface area contributed by atoms with Crippen LogP contribution >= 0.6 is 0 Å². The minimum Gasteiger partial charge on any atom is -0.480 e. The SMILES string of the molecule is COc1nc(C)ccc1C(=O)N(C)C1CCCc2c1cnn2C. The van der Waals surface area contributed by atoms with Crippen LogP contribution < -0.4 is 4.74 Å². The van der Waals surface area contributed by atoms with Gasteiger partial charge in [-0.15, -0.1) is 0 Å². The molecule has 0 saturated heterocycles. The van der Waals surface area contributed by atoms with E-state index in [0.29, 0.717) is 11.4 Å². The normalized spacial score (nSPS) is 16.8. The van der Waals surface area contributed by atoms with Gasteiger partial charge in [0.25, 0.3) is 5.91 Å². The van der Waals surface area contributed by atoms with Crippen LogP contribution in [0, 0.1) is 6.92 Å². The third-order valence-corrected chi connectivity index (χ3v) is 4.56. The summed E-state index contributed by atoms with van der Waals surface area (Å²) < 4.78 is 7.19. The van der Waals surface area contributed by atoms with Crippen LogP contribution in [0.4, 0.5) is 0 Å². The molecule has 1 unspecified atom stereocenters. The number of pyridine rings is 1. The van der Waals surface area contributed by atoms with Crippen molar-refractivity contribution in [2.45, 2.75) is 32.2 Å². The second-order valence-corrected chi connectivity index (χ2v) is 6.00. The van der Waals surface area contributed by atoms with Crippen LogP contribution in [0.2, 0.25) is 0 Å². The number of ether oxygens (including phenoxy) is 1. The molecule has 23 heavy (non-hydrogen) atoms. The summed E-state index contributed by atoms with van der Waals surface area (Å²) >= 11 is 0. The maximum absolute atomic E-state index is 12.9. The largest absolute Gasteiger partial charge is 0.480 e. The lowest BCUT2D eigenvalue weighted by Crippen LogP contribution is -2.33. The molecule has 3 rings (SSSR count). The van der Waals surface area contributed by atoms with Crippen LogP contribution in [0.5, 0.6) is 5.88 Å². The first-order valence-corrected chi connectivity index (χ1v) is 7.82. The van der Waals surface area contributed by atoms with E-state index in [1.807, 2.05) is 38.0 Å². The molecule has 1 aliphatic carbocycles. The molecular formula is C17H22N4O2. The Balaban J connectivity index is 1.92. The fourth-order valence-electron chi connectivity index (χ4n) is 3.27. The van der Waals surface area contributed by atoms with E-state index in [2.05, 4.69) is 10.1 Å². The summed E-state index contributed by atoms with van der Waals surface area (Å²) in [6.45, 7) is 1.88. The Kier molecular flexibility index (Phi) is 4.07. The number of carbonyl (C=O) groups is 1. The molecule has 0 fully saturated rings. The van der Waals surface area contributed by atoms with Gasteiger partial charge in [-0.2, -0.15) is 5.10 Å². The minimum absolute atomic E-state index is 0.0472. The van der Waals surface area contributed by atoms with Crippen LogP contribution in [0.1, 0.15) is 46.2 Å². The first-order chi connectivity index (χ1) is 11.0. The highest BCUT2D eigenvalue weighted by Gasteiger charge is 2.30. The van der Waals surface area contributed by atoms with Gasteiger partial charge in [-0.05, 0) is 38.3 Å². The van der Waals surface area contributed by atoms with E-state index in [0.717, 1.165) is 30.5 Å². The van der Waals surface area contributed by atoms with Gasteiger partial charge in [-0.25, -0.2) is 4.98 Å². The van der Waals surface area contributed by atoms with Crippen molar-refractivity contribution in [2.24, 2.45) is 7.05 Å². The topological polar surface area (TPSA) is 60.2 Å². The molecule has 0 saturated carbocycles. The molecule has 2 aromatic rings. The number of carbonyl (C=O) groups excluding carboxylic acids is 1. The Morgan fingerprint density at radius 2 is 2.22 bits per heavy atom. The number of rotatable bonds is 3. The van der Waals surface area contributed by atoms with Crippen LogP contribution in [0.15, 0.2) is 18.3 Å². The lowest BCUT2D eigenvalue weighted by atomic mass is 9.91.